The summed E-state index contributed by atoms with van der Waals surface area (Å²) in [6, 6.07) is 8.78. The lowest BCUT2D eigenvalue weighted by molar-refractivity contribution is -0.143. The molecule has 202 valence electrons. The van der Waals surface area contributed by atoms with Crippen LogP contribution >= 0.6 is 0 Å². The minimum Gasteiger partial charge on any atom is -0.496 e. The van der Waals surface area contributed by atoms with E-state index in [1.165, 1.54) is 5.56 Å². The van der Waals surface area contributed by atoms with Gasteiger partial charge in [0.05, 0.1) is 32.0 Å². The molecule has 2 N–H and O–H groups in total. The van der Waals surface area contributed by atoms with Crippen LogP contribution in [-0.2, 0) is 22.4 Å². The third-order valence-corrected chi connectivity index (χ3v) is 7.47. The third-order valence-electron chi connectivity index (χ3n) is 7.47. The molecule has 0 amide bonds. The zero-order valence-electron chi connectivity index (χ0n) is 22.1. The fraction of sp³-hybridized carbons (Fsp3) is 0.483. The number of benzene rings is 1. The molecule has 0 aliphatic carbocycles. The molecule has 0 bridgehead atoms. The molecule has 1 aromatic carbocycles. The summed E-state index contributed by atoms with van der Waals surface area (Å²) in [6.07, 6.45) is 7.33. The van der Waals surface area contributed by atoms with Crippen LogP contribution in [0.15, 0.2) is 36.5 Å². The number of rotatable bonds is 11. The molecule has 9 nitrogen and oxygen atoms in total. The van der Waals surface area contributed by atoms with Crippen LogP contribution in [0.3, 0.4) is 0 Å². The summed E-state index contributed by atoms with van der Waals surface area (Å²) in [5, 5.41) is 14.4. The number of carboxylic acids is 1. The van der Waals surface area contributed by atoms with Gasteiger partial charge in [0.1, 0.15) is 23.4 Å². The zero-order chi connectivity index (χ0) is 26.5. The molecule has 0 saturated carbocycles. The van der Waals surface area contributed by atoms with Gasteiger partial charge in [-0.15, -0.1) is 0 Å². The number of aromatic nitrogens is 2. The molecule has 5 rings (SSSR count). The fourth-order valence-electron chi connectivity index (χ4n) is 5.54. The Morgan fingerprint density at radius 1 is 1.24 bits per heavy atom. The maximum atomic E-state index is 12.4. The van der Waals surface area contributed by atoms with Gasteiger partial charge < -0.3 is 24.6 Å². The number of pyridine rings is 2. The standard InChI is InChI=1S/C29H36N4O5/c1-36-21-16-24-22(8-5-10-25(24)31-17-21)27(29(34)35)33-13-11-20(18-33)38-14-4-3-7-19-15-26(37-2)23-9-6-12-30-28(23)32-19/h5,8,10,15-17,20,27H,3-4,6-7,9,11-14,18H2,1-2H3,(H,30,32)(H,34,35)/t20-,27?/m1/s1. The highest BCUT2D eigenvalue weighted by Gasteiger charge is 2.35. The van der Waals surface area contributed by atoms with Gasteiger partial charge >= 0.3 is 5.97 Å². The first kappa shape index (κ1) is 26.2. The predicted molar refractivity (Wildman–Crippen MR) is 145 cm³/mol. The van der Waals surface area contributed by atoms with Gasteiger partial charge in [0, 0.05) is 49.0 Å². The number of unbranched alkanes of at least 4 members (excludes halogenated alkanes) is 1. The van der Waals surface area contributed by atoms with E-state index in [4.69, 9.17) is 19.2 Å². The van der Waals surface area contributed by atoms with E-state index in [1.54, 1.807) is 20.4 Å². The first-order valence-electron chi connectivity index (χ1n) is 13.4. The van der Waals surface area contributed by atoms with E-state index in [0.717, 1.165) is 78.8 Å². The van der Waals surface area contributed by atoms with E-state index in [0.29, 0.717) is 25.4 Å². The Bertz CT molecular complexity index is 1270. The summed E-state index contributed by atoms with van der Waals surface area (Å²) in [5.74, 6) is 1.62. The number of carbonyl (C=O) groups is 1. The second-order valence-electron chi connectivity index (χ2n) is 9.94. The van der Waals surface area contributed by atoms with Crippen molar-refractivity contribution < 1.29 is 24.1 Å². The lowest BCUT2D eigenvalue weighted by atomic mass is 10.00. The van der Waals surface area contributed by atoms with Crippen molar-refractivity contribution in [3.8, 4) is 11.5 Å². The molecule has 1 saturated heterocycles. The molecule has 3 aromatic rings. The zero-order valence-corrected chi connectivity index (χ0v) is 22.1. The topological polar surface area (TPSA) is 106 Å². The molecular formula is C29H36N4O5. The summed E-state index contributed by atoms with van der Waals surface area (Å²) in [7, 11) is 3.30. The van der Waals surface area contributed by atoms with Crippen LogP contribution < -0.4 is 14.8 Å². The van der Waals surface area contributed by atoms with Gasteiger partial charge in [-0.25, -0.2) is 4.98 Å². The minimum absolute atomic E-state index is 0.0191. The van der Waals surface area contributed by atoms with Crippen molar-refractivity contribution in [2.45, 2.75) is 50.7 Å². The van der Waals surface area contributed by atoms with Crippen molar-refractivity contribution in [3.63, 3.8) is 0 Å². The second-order valence-corrected chi connectivity index (χ2v) is 9.94. The van der Waals surface area contributed by atoms with Crippen LogP contribution in [0, 0.1) is 0 Å². The molecule has 4 heterocycles. The Hall–Kier alpha value is -3.43. The number of hydrogen-bond donors (Lipinski definition) is 2. The number of hydrogen-bond acceptors (Lipinski definition) is 8. The molecule has 2 aliphatic heterocycles. The highest BCUT2D eigenvalue weighted by molar-refractivity contribution is 5.89. The number of nitrogens with one attached hydrogen (secondary N) is 1. The first-order chi connectivity index (χ1) is 18.6. The molecule has 1 unspecified atom stereocenters. The lowest BCUT2D eigenvalue weighted by Gasteiger charge is -2.25. The van der Waals surface area contributed by atoms with E-state index in [-0.39, 0.29) is 6.10 Å². The van der Waals surface area contributed by atoms with Crippen molar-refractivity contribution in [1.29, 1.82) is 0 Å². The van der Waals surface area contributed by atoms with Crippen LogP contribution in [0.25, 0.3) is 10.9 Å². The van der Waals surface area contributed by atoms with E-state index in [1.807, 2.05) is 29.2 Å². The molecule has 2 aliphatic rings. The quantitative estimate of drug-likeness (QED) is 0.359. The van der Waals surface area contributed by atoms with Crippen LogP contribution in [0.5, 0.6) is 11.5 Å². The van der Waals surface area contributed by atoms with Crippen LogP contribution in [0.4, 0.5) is 5.82 Å². The molecular weight excluding hydrogens is 484 g/mol. The number of nitrogens with zero attached hydrogens (tertiary/aromatic N) is 3. The Balaban J connectivity index is 1.15. The van der Waals surface area contributed by atoms with E-state index >= 15 is 0 Å². The van der Waals surface area contributed by atoms with Gasteiger partial charge in [-0.3, -0.25) is 14.7 Å². The number of aryl methyl sites for hydroxylation is 1. The Kier molecular flexibility index (Phi) is 8.24. The number of ether oxygens (including phenoxy) is 3. The molecule has 2 aromatic heterocycles. The van der Waals surface area contributed by atoms with E-state index in [9.17, 15) is 9.90 Å². The summed E-state index contributed by atoms with van der Waals surface area (Å²) >= 11 is 0. The van der Waals surface area contributed by atoms with Crippen LogP contribution in [0.2, 0.25) is 0 Å². The number of fused-ring (bicyclic) bond motifs is 2. The van der Waals surface area contributed by atoms with Crippen LogP contribution in [-0.4, -0.2) is 72.5 Å². The Morgan fingerprint density at radius 2 is 2.13 bits per heavy atom. The van der Waals surface area contributed by atoms with E-state index in [2.05, 4.69) is 16.4 Å². The largest absolute Gasteiger partial charge is 0.496 e. The summed E-state index contributed by atoms with van der Waals surface area (Å²) in [6.45, 7) is 2.85. The first-order valence-corrected chi connectivity index (χ1v) is 13.4. The monoisotopic (exact) mass is 520 g/mol. The number of anilines is 1. The van der Waals surface area contributed by atoms with Crippen molar-refractivity contribution in [3.05, 3.63) is 53.3 Å². The van der Waals surface area contributed by atoms with E-state index < -0.39 is 12.0 Å². The summed E-state index contributed by atoms with van der Waals surface area (Å²) in [4.78, 5) is 23.6. The van der Waals surface area contributed by atoms with Crippen molar-refractivity contribution in [1.82, 2.24) is 14.9 Å². The number of likely N-dealkylation sites (tertiary alicyclic amines) is 1. The molecule has 1 fully saturated rings. The molecule has 0 radical (unpaired) electrons. The smallest absolute Gasteiger partial charge is 0.325 e. The van der Waals surface area contributed by atoms with Gasteiger partial charge in [0.2, 0.25) is 0 Å². The maximum Gasteiger partial charge on any atom is 0.325 e. The highest BCUT2D eigenvalue weighted by atomic mass is 16.5. The van der Waals surface area contributed by atoms with Crippen molar-refractivity contribution in [2.24, 2.45) is 0 Å². The number of aliphatic carboxylic acids is 1. The van der Waals surface area contributed by atoms with Gasteiger partial charge in [-0.2, -0.15) is 0 Å². The normalized spacial score (nSPS) is 18.1. The van der Waals surface area contributed by atoms with Gasteiger partial charge in [-0.05, 0) is 56.2 Å². The van der Waals surface area contributed by atoms with Crippen molar-refractivity contribution in [2.75, 3.05) is 45.8 Å². The number of methoxy groups -OCH3 is 2. The SMILES string of the molecule is COc1cnc2cccc(C(C(=O)O)N3CC[C@@H](OCCCCc4cc(OC)c5c(n4)NCCC5)C3)c2c1. The molecule has 2 atom stereocenters. The Morgan fingerprint density at radius 3 is 2.95 bits per heavy atom. The predicted octanol–water partition coefficient (Wildman–Crippen LogP) is 4.24. The minimum atomic E-state index is -0.872. The van der Waals surface area contributed by atoms with Gasteiger partial charge in [0.15, 0.2) is 0 Å². The third kappa shape index (κ3) is 5.68. The molecule has 38 heavy (non-hydrogen) atoms. The summed E-state index contributed by atoms with van der Waals surface area (Å²) < 4.78 is 17.1. The second kappa shape index (κ2) is 12.0. The lowest BCUT2D eigenvalue weighted by Crippen LogP contribution is -2.33. The highest BCUT2D eigenvalue weighted by Crippen LogP contribution is 2.33. The van der Waals surface area contributed by atoms with Gasteiger partial charge in [0.25, 0.3) is 0 Å². The average molecular weight is 521 g/mol. The van der Waals surface area contributed by atoms with Crippen molar-refractivity contribution >= 4 is 22.7 Å². The van der Waals surface area contributed by atoms with Gasteiger partial charge in [-0.1, -0.05) is 12.1 Å². The Labute approximate surface area is 223 Å². The number of carboxylic acid groups (broad SMARTS) is 1. The maximum absolute atomic E-state index is 12.4. The summed E-state index contributed by atoms with van der Waals surface area (Å²) in [5.41, 5.74) is 3.69. The molecule has 0 spiro atoms. The van der Waals surface area contributed by atoms with Crippen LogP contribution in [0.1, 0.15) is 48.5 Å². The fourth-order valence-corrected chi connectivity index (χ4v) is 5.54. The molecule has 9 heteroatoms. The average Bonchev–Trinajstić information content (AvgIpc) is 3.40.